The van der Waals surface area contributed by atoms with Gasteiger partial charge in [0.15, 0.2) is 0 Å². The Morgan fingerprint density at radius 3 is 2.52 bits per heavy atom. The number of fused-ring (bicyclic) bond motifs is 1. The minimum Gasteiger partial charge on any atom is -0.496 e. The summed E-state index contributed by atoms with van der Waals surface area (Å²) < 4.78 is 5.65. The normalized spacial score (nSPS) is 29.9. The zero-order valence-electron chi connectivity index (χ0n) is 15.5. The fourth-order valence-electron chi connectivity index (χ4n) is 5.03. The zero-order valence-corrected chi connectivity index (χ0v) is 17.0. The summed E-state index contributed by atoms with van der Waals surface area (Å²) in [4.78, 5) is 12.6. The molecule has 1 aliphatic carbocycles. The van der Waals surface area contributed by atoms with Crippen LogP contribution in [0, 0.1) is 11.3 Å². The van der Waals surface area contributed by atoms with Crippen LogP contribution in [-0.2, 0) is 4.79 Å². The summed E-state index contributed by atoms with van der Waals surface area (Å²) >= 11 is 12.3. The van der Waals surface area contributed by atoms with Crippen LogP contribution in [-0.4, -0.2) is 19.6 Å². The molecule has 3 nitrogen and oxygen atoms in total. The van der Waals surface area contributed by atoms with E-state index < -0.39 is 0 Å². The monoisotopic (exact) mass is 403 g/mol. The molecule has 1 heterocycles. The highest BCUT2D eigenvalue weighted by molar-refractivity contribution is 6.31. The van der Waals surface area contributed by atoms with E-state index in [4.69, 9.17) is 27.9 Å². The first-order chi connectivity index (χ1) is 12.9. The number of nitrogens with one attached hydrogen (secondary N) is 1. The molecule has 0 radical (unpaired) electrons. The Morgan fingerprint density at radius 2 is 1.81 bits per heavy atom. The quantitative estimate of drug-likeness (QED) is 0.742. The summed E-state index contributed by atoms with van der Waals surface area (Å²) in [6.07, 6.45) is 1.79. The van der Waals surface area contributed by atoms with E-state index in [1.165, 1.54) is 5.56 Å². The minimum absolute atomic E-state index is 0.174. The Balaban J connectivity index is 1.83. The highest BCUT2D eigenvalue weighted by Crippen LogP contribution is 2.57. The maximum absolute atomic E-state index is 12.6. The number of halogens is 2. The molecule has 5 heteroatoms. The van der Waals surface area contributed by atoms with Crippen LogP contribution in [0.25, 0.3) is 0 Å². The molecular weight excluding hydrogens is 381 g/mol. The van der Waals surface area contributed by atoms with Crippen molar-refractivity contribution < 1.29 is 9.53 Å². The summed E-state index contributed by atoms with van der Waals surface area (Å²) in [7, 11) is 1.68. The van der Waals surface area contributed by atoms with Crippen molar-refractivity contribution in [2.24, 2.45) is 11.3 Å². The van der Waals surface area contributed by atoms with Gasteiger partial charge in [-0.15, -0.1) is 0 Å². The second-order valence-electron chi connectivity index (χ2n) is 7.84. The summed E-state index contributed by atoms with van der Waals surface area (Å²) in [6, 6.07) is 13.9. The third kappa shape index (κ3) is 3.11. The number of carbonyl (C=O) groups is 1. The molecule has 1 saturated heterocycles. The number of methoxy groups -OCH3 is 1. The standard InChI is InChI=1S/C22H23Cl2NO2/c1-22-10-9-17(16-8-7-15(24)11-19(16)27-2)20(18(22)12-25-21(22)26)13-3-5-14(23)6-4-13/h3-8,11,17-18,20H,9-10,12H2,1-2H3,(H,25,26)/t17?,18-,20?,22?/m1/s1. The highest BCUT2D eigenvalue weighted by atomic mass is 35.5. The van der Waals surface area contributed by atoms with Crippen LogP contribution in [0.2, 0.25) is 10.0 Å². The van der Waals surface area contributed by atoms with Crippen LogP contribution >= 0.6 is 23.2 Å². The van der Waals surface area contributed by atoms with E-state index in [2.05, 4.69) is 30.4 Å². The second-order valence-corrected chi connectivity index (χ2v) is 8.72. The van der Waals surface area contributed by atoms with Crippen molar-refractivity contribution in [2.45, 2.75) is 31.6 Å². The smallest absolute Gasteiger partial charge is 0.226 e. The lowest BCUT2D eigenvalue weighted by molar-refractivity contribution is -0.129. The van der Waals surface area contributed by atoms with E-state index in [1.807, 2.05) is 24.3 Å². The number of hydrogen-bond donors (Lipinski definition) is 1. The van der Waals surface area contributed by atoms with Crippen molar-refractivity contribution in [3.8, 4) is 5.75 Å². The Morgan fingerprint density at radius 1 is 1.11 bits per heavy atom. The SMILES string of the molecule is COc1cc(Cl)ccc1C1CCC2(C)C(=O)NC[C@@H]2C1c1ccc(Cl)cc1. The maximum atomic E-state index is 12.6. The van der Waals surface area contributed by atoms with Crippen LogP contribution in [0.15, 0.2) is 42.5 Å². The predicted octanol–water partition coefficient (Wildman–Crippen LogP) is 5.42. The molecular formula is C22H23Cl2NO2. The number of ether oxygens (including phenoxy) is 1. The fraction of sp³-hybridized carbons (Fsp3) is 0.409. The number of carbonyl (C=O) groups excluding carboxylic acids is 1. The summed E-state index contributed by atoms with van der Waals surface area (Å²) in [5.41, 5.74) is 2.04. The molecule has 2 aromatic rings. The molecule has 2 aliphatic rings. The van der Waals surface area contributed by atoms with Gasteiger partial charge in [0.1, 0.15) is 5.75 Å². The van der Waals surface area contributed by atoms with Crippen LogP contribution in [0.3, 0.4) is 0 Å². The second kappa shape index (κ2) is 7.03. The van der Waals surface area contributed by atoms with Crippen LogP contribution in [0.4, 0.5) is 0 Å². The van der Waals surface area contributed by atoms with E-state index in [0.717, 1.165) is 29.2 Å². The number of amides is 1. The van der Waals surface area contributed by atoms with Crippen molar-refractivity contribution in [1.29, 1.82) is 0 Å². The molecule has 2 fully saturated rings. The maximum Gasteiger partial charge on any atom is 0.226 e. The van der Waals surface area contributed by atoms with Gasteiger partial charge in [-0.1, -0.05) is 48.3 Å². The van der Waals surface area contributed by atoms with Gasteiger partial charge in [0.05, 0.1) is 12.5 Å². The molecule has 4 atom stereocenters. The Kier molecular flexibility index (Phi) is 4.85. The number of rotatable bonds is 3. The Bertz CT molecular complexity index is 867. The molecule has 0 bridgehead atoms. The molecule has 1 saturated carbocycles. The third-order valence-electron chi connectivity index (χ3n) is 6.51. The van der Waals surface area contributed by atoms with Crippen LogP contribution in [0.1, 0.15) is 42.7 Å². The lowest BCUT2D eigenvalue weighted by atomic mass is 9.57. The first kappa shape index (κ1) is 18.6. The number of benzene rings is 2. The van der Waals surface area contributed by atoms with Crippen molar-refractivity contribution in [2.75, 3.05) is 13.7 Å². The minimum atomic E-state index is -0.333. The van der Waals surface area contributed by atoms with Crippen molar-refractivity contribution >= 4 is 29.1 Å². The molecule has 2 aromatic carbocycles. The van der Waals surface area contributed by atoms with Crippen molar-refractivity contribution in [3.63, 3.8) is 0 Å². The van der Waals surface area contributed by atoms with Gasteiger partial charge in [0.2, 0.25) is 5.91 Å². The van der Waals surface area contributed by atoms with Crippen molar-refractivity contribution in [3.05, 3.63) is 63.6 Å². The first-order valence-corrected chi connectivity index (χ1v) is 10.1. The van der Waals surface area contributed by atoms with Crippen LogP contribution in [0.5, 0.6) is 5.75 Å². The molecule has 3 unspecified atom stereocenters. The summed E-state index contributed by atoms with van der Waals surface area (Å²) in [5, 5.41) is 4.49. The van der Waals surface area contributed by atoms with E-state index >= 15 is 0 Å². The molecule has 4 rings (SSSR count). The van der Waals surface area contributed by atoms with E-state index in [0.29, 0.717) is 11.6 Å². The van der Waals surface area contributed by atoms with Gasteiger partial charge >= 0.3 is 0 Å². The van der Waals surface area contributed by atoms with Gasteiger partial charge in [0.25, 0.3) is 0 Å². The topological polar surface area (TPSA) is 38.3 Å². The summed E-state index contributed by atoms with van der Waals surface area (Å²) in [6.45, 7) is 2.81. The van der Waals surface area contributed by atoms with Gasteiger partial charge in [-0.2, -0.15) is 0 Å². The zero-order chi connectivity index (χ0) is 19.2. The molecule has 0 aromatic heterocycles. The third-order valence-corrected chi connectivity index (χ3v) is 7.00. The predicted molar refractivity (Wildman–Crippen MR) is 109 cm³/mol. The van der Waals surface area contributed by atoms with E-state index in [1.54, 1.807) is 7.11 Å². The first-order valence-electron chi connectivity index (χ1n) is 9.31. The van der Waals surface area contributed by atoms with E-state index in [9.17, 15) is 4.79 Å². The molecule has 1 aliphatic heterocycles. The summed E-state index contributed by atoms with van der Waals surface area (Å²) in [5.74, 6) is 1.67. The van der Waals surface area contributed by atoms with E-state index in [-0.39, 0.29) is 29.1 Å². The van der Waals surface area contributed by atoms with Gasteiger partial charge in [-0.3, -0.25) is 4.79 Å². The average molecular weight is 404 g/mol. The van der Waals surface area contributed by atoms with Crippen LogP contribution < -0.4 is 10.1 Å². The molecule has 1 amide bonds. The molecule has 0 spiro atoms. The Labute approximate surface area is 170 Å². The molecule has 27 heavy (non-hydrogen) atoms. The largest absolute Gasteiger partial charge is 0.496 e. The highest BCUT2D eigenvalue weighted by Gasteiger charge is 2.55. The number of hydrogen-bond acceptors (Lipinski definition) is 2. The fourth-order valence-corrected chi connectivity index (χ4v) is 5.31. The van der Waals surface area contributed by atoms with Gasteiger partial charge in [0, 0.05) is 16.6 Å². The average Bonchev–Trinajstić information content (AvgIpc) is 2.97. The molecule has 1 N–H and O–H groups in total. The lowest BCUT2D eigenvalue weighted by Crippen LogP contribution is -2.41. The van der Waals surface area contributed by atoms with Gasteiger partial charge in [-0.05, 0) is 66.0 Å². The van der Waals surface area contributed by atoms with Gasteiger partial charge < -0.3 is 10.1 Å². The van der Waals surface area contributed by atoms with Gasteiger partial charge in [-0.25, -0.2) is 0 Å². The molecule has 142 valence electrons. The lowest BCUT2D eigenvalue weighted by Gasteiger charge is -2.45. The Hall–Kier alpha value is -1.71. The van der Waals surface area contributed by atoms with Crippen molar-refractivity contribution in [1.82, 2.24) is 5.32 Å².